The van der Waals surface area contributed by atoms with Crippen LogP contribution in [0.15, 0.2) is 6.33 Å². The van der Waals surface area contributed by atoms with E-state index in [1.165, 1.54) is 11.2 Å². The molecule has 4 nitrogen and oxygen atoms in total. The Kier molecular flexibility index (Phi) is 2.76. The van der Waals surface area contributed by atoms with Gasteiger partial charge in [-0.1, -0.05) is 0 Å². The summed E-state index contributed by atoms with van der Waals surface area (Å²) < 4.78 is 0. The summed E-state index contributed by atoms with van der Waals surface area (Å²) in [6, 6.07) is 0. The smallest absolute Gasteiger partial charge is 0.229 e. The highest BCUT2D eigenvalue weighted by Gasteiger charge is 2.32. The maximum Gasteiger partial charge on any atom is 0.229 e. The lowest BCUT2D eigenvalue weighted by atomic mass is 10.1. The first-order valence-corrected chi connectivity index (χ1v) is 6.90. The Morgan fingerprint density at radius 1 is 1.47 bits per heavy atom. The number of terminal acetylenes is 1. The number of thiophene rings is 1. The predicted octanol–water partition coefficient (Wildman–Crippen LogP) is 2.29. The molecule has 1 aliphatic heterocycles. The van der Waals surface area contributed by atoms with Crippen molar-refractivity contribution < 1.29 is 4.79 Å². The van der Waals surface area contributed by atoms with Crippen molar-refractivity contribution in [1.29, 1.82) is 0 Å². The first-order chi connectivity index (χ1) is 9.11. The van der Waals surface area contributed by atoms with Gasteiger partial charge >= 0.3 is 0 Å². The molecule has 3 rings (SSSR count). The molecule has 0 aromatic carbocycles. The number of amides is 1. The standard InChI is InChI=1S/C14H13N3OS/c1-4-10-5-11(18)17(6-10)13-12-8(2)9(3)19-14(12)16-7-15-13/h1,7,10H,5-6H2,2-3H3. The van der Waals surface area contributed by atoms with Crippen LogP contribution in [0, 0.1) is 32.1 Å². The molecule has 2 aromatic rings. The Balaban J connectivity index is 2.16. The minimum absolute atomic E-state index is 0.0162. The zero-order valence-corrected chi connectivity index (χ0v) is 11.6. The second kappa shape index (κ2) is 4.32. The van der Waals surface area contributed by atoms with Crippen LogP contribution in [-0.2, 0) is 4.79 Å². The second-order valence-electron chi connectivity index (χ2n) is 4.73. The number of rotatable bonds is 1. The van der Waals surface area contributed by atoms with Crippen LogP contribution < -0.4 is 4.90 Å². The number of anilines is 1. The van der Waals surface area contributed by atoms with E-state index in [-0.39, 0.29) is 11.8 Å². The van der Waals surface area contributed by atoms with Crippen LogP contribution in [0.1, 0.15) is 16.9 Å². The van der Waals surface area contributed by atoms with Gasteiger partial charge in [0.15, 0.2) is 0 Å². The van der Waals surface area contributed by atoms with Crippen molar-refractivity contribution in [3.8, 4) is 12.3 Å². The molecule has 0 aliphatic carbocycles. The fraction of sp³-hybridized carbons (Fsp3) is 0.357. The van der Waals surface area contributed by atoms with Crippen molar-refractivity contribution in [1.82, 2.24) is 9.97 Å². The van der Waals surface area contributed by atoms with Crippen LogP contribution in [0.2, 0.25) is 0 Å². The Morgan fingerprint density at radius 3 is 2.95 bits per heavy atom. The van der Waals surface area contributed by atoms with Crippen LogP contribution in [0.5, 0.6) is 0 Å². The number of carbonyl (C=O) groups excluding carboxylic acids is 1. The molecular formula is C14H13N3OS. The number of hydrogen-bond acceptors (Lipinski definition) is 4. The van der Waals surface area contributed by atoms with Crippen molar-refractivity contribution in [3.63, 3.8) is 0 Å². The molecule has 1 aliphatic rings. The summed E-state index contributed by atoms with van der Waals surface area (Å²) in [5.41, 5.74) is 1.15. The summed E-state index contributed by atoms with van der Waals surface area (Å²) in [4.78, 5) is 24.5. The summed E-state index contributed by atoms with van der Waals surface area (Å²) in [5, 5.41) is 0.982. The largest absolute Gasteiger partial charge is 0.295 e. The van der Waals surface area contributed by atoms with Crippen LogP contribution >= 0.6 is 11.3 Å². The van der Waals surface area contributed by atoms with E-state index >= 15 is 0 Å². The molecule has 19 heavy (non-hydrogen) atoms. The van der Waals surface area contributed by atoms with Gasteiger partial charge in [-0.2, -0.15) is 0 Å². The first kappa shape index (κ1) is 12.1. The summed E-state index contributed by atoms with van der Waals surface area (Å²) in [5.74, 6) is 3.39. The highest BCUT2D eigenvalue weighted by molar-refractivity contribution is 7.18. The summed E-state index contributed by atoms with van der Waals surface area (Å²) >= 11 is 1.63. The SMILES string of the molecule is C#CC1CC(=O)N(c2ncnc3sc(C)c(C)c23)C1. The minimum atomic E-state index is -0.0162. The number of nitrogens with zero attached hydrogens (tertiary/aromatic N) is 3. The van der Waals surface area contributed by atoms with Crippen molar-refractivity contribution in [2.75, 3.05) is 11.4 Å². The quantitative estimate of drug-likeness (QED) is 0.748. The number of hydrogen-bond donors (Lipinski definition) is 0. The zero-order valence-electron chi connectivity index (χ0n) is 10.8. The molecular weight excluding hydrogens is 258 g/mol. The van der Waals surface area contributed by atoms with Gasteiger partial charge in [0.05, 0.1) is 5.39 Å². The van der Waals surface area contributed by atoms with E-state index in [1.807, 2.05) is 6.92 Å². The molecule has 0 bridgehead atoms. The molecule has 3 heterocycles. The normalized spacial score (nSPS) is 19.1. The van der Waals surface area contributed by atoms with Crippen molar-refractivity contribution in [2.45, 2.75) is 20.3 Å². The third-order valence-corrected chi connectivity index (χ3v) is 4.68. The van der Waals surface area contributed by atoms with Gasteiger partial charge in [-0.3, -0.25) is 9.69 Å². The molecule has 1 fully saturated rings. The summed E-state index contributed by atoms with van der Waals surface area (Å²) in [7, 11) is 0. The average Bonchev–Trinajstić information content (AvgIpc) is 2.91. The molecule has 1 unspecified atom stereocenters. The Hall–Kier alpha value is -1.93. The number of fused-ring (bicyclic) bond motifs is 1. The average molecular weight is 271 g/mol. The third kappa shape index (κ3) is 1.80. The van der Waals surface area contributed by atoms with E-state index in [0.29, 0.717) is 18.8 Å². The highest BCUT2D eigenvalue weighted by atomic mass is 32.1. The van der Waals surface area contributed by atoms with Crippen molar-refractivity contribution in [3.05, 3.63) is 16.8 Å². The lowest BCUT2D eigenvalue weighted by Crippen LogP contribution is -2.25. The molecule has 0 radical (unpaired) electrons. The van der Waals surface area contributed by atoms with Crippen LogP contribution in [0.25, 0.3) is 10.2 Å². The molecule has 1 amide bonds. The molecule has 5 heteroatoms. The monoisotopic (exact) mass is 271 g/mol. The Bertz CT molecular complexity index is 713. The Morgan fingerprint density at radius 2 is 2.26 bits per heavy atom. The van der Waals surface area contributed by atoms with Crippen molar-refractivity contribution in [2.24, 2.45) is 5.92 Å². The van der Waals surface area contributed by atoms with Crippen LogP contribution in [-0.4, -0.2) is 22.4 Å². The summed E-state index contributed by atoms with van der Waals surface area (Å²) in [6.07, 6.45) is 7.35. The molecule has 96 valence electrons. The van der Waals surface area contributed by atoms with E-state index in [9.17, 15) is 4.79 Å². The topological polar surface area (TPSA) is 46.1 Å². The lowest BCUT2D eigenvalue weighted by Gasteiger charge is -2.15. The van der Waals surface area contributed by atoms with Gasteiger partial charge in [0, 0.05) is 23.8 Å². The maximum atomic E-state index is 12.1. The fourth-order valence-electron chi connectivity index (χ4n) is 2.39. The lowest BCUT2D eigenvalue weighted by molar-refractivity contribution is -0.117. The van der Waals surface area contributed by atoms with Gasteiger partial charge in [-0.15, -0.1) is 23.7 Å². The van der Waals surface area contributed by atoms with Crippen LogP contribution in [0.3, 0.4) is 0 Å². The molecule has 0 saturated carbocycles. The molecule has 2 aromatic heterocycles. The minimum Gasteiger partial charge on any atom is -0.295 e. The van der Waals surface area contributed by atoms with Crippen LogP contribution in [0.4, 0.5) is 5.82 Å². The highest BCUT2D eigenvalue weighted by Crippen LogP contribution is 2.36. The van der Waals surface area contributed by atoms with E-state index in [1.54, 1.807) is 16.2 Å². The van der Waals surface area contributed by atoms with E-state index in [0.717, 1.165) is 15.8 Å². The molecule has 0 spiro atoms. The number of carbonyl (C=O) groups is 1. The number of aromatic nitrogens is 2. The van der Waals surface area contributed by atoms with E-state index < -0.39 is 0 Å². The van der Waals surface area contributed by atoms with Gasteiger partial charge in [-0.05, 0) is 19.4 Å². The summed E-state index contributed by atoms with van der Waals surface area (Å²) in [6.45, 7) is 4.65. The predicted molar refractivity (Wildman–Crippen MR) is 76.2 cm³/mol. The first-order valence-electron chi connectivity index (χ1n) is 6.09. The fourth-order valence-corrected chi connectivity index (χ4v) is 3.38. The van der Waals surface area contributed by atoms with Gasteiger partial charge < -0.3 is 0 Å². The van der Waals surface area contributed by atoms with Gasteiger partial charge in [0.1, 0.15) is 17.0 Å². The van der Waals surface area contributed by atoms with E-state index in [4.69, 9.17) is 6.42 Å². The van der Waals surface area contributed by atoms with E-state index in [2.05, 4.69) is 22.8 Å². The van der Waals surface area contributed by atoms with Gasteiger partial charge in [-0.25, -0.2) is 9.97 Å². The number of aryl methyl sites for hydroxylation is 2. The molecule has 1 atom stereocenters. The van der Waals surface area contributed by atoms with Crippen molar-refractivity contribution >= 4 is 33.3 Å². The van der Waals surface area contributed by atoms with Gasteiger partial charge in [0.2, 0.25) is 5.91 Å². The zero-order chi connectivity index (χ0) is 13.6. The third-order valence-electron chi connectivity index (χ3n) is 3.56. The molecule has 0 N–H and O–H groups in total. The maximum absolute atomic E-state index is 12.1. The Labute approximate surface area is 115 Å². The second-order valence-corrected chi connectivity index (χ2v) is 5.94. The molecule has 1 saturated heterocycles. The van der Waals surface area contributed by atoms with Gasteiger partial charge in [0.25, 0.3) is 0 Å².